The van der Waals surface area contributed by atoms with Crippen molar-refractivity contribution in [3.05, 3.63) is 89.7 Å². The van der Waals surface area contributed by atoms with E-state index in [1.54, 1.807) is 47.3 Å². The molecule has 1 atom stereocenters. The van der Waals surface area contributed by atoms with Gasteiger partial charge in [0.05, 0.1) is 11.3 Å². The number of hydrogen-bond acceptors (Lipinski definition) is 5. The standard InChI is InChI=1S/C26H24F3N5OS/c1-3-17(2)31-24(35)20-9-7-18(8-10-20)16-36-25-33-32-23(19-11-13-30-14-12-19)34(25)22-6-4-5-21(15-22)26(27,28)29/h4-15,17H,3,16H2,1-2H3,(H,31,35). The maximum Gasteiger partial charge on any atom is 0.416 e. The second-order valence-electron chi connectivity index (χ2n) is 8.19. The maximum absolute atomic E-state index is 13.4. The van der Waals surface area contributed by atoms with Gasteiger partial charge in [0.25, 0.3) is 5.91 Å². The van der Waals surface area contributed by atoms with Gasteiger partial charge in [0.2, 0.25) is 0 Å². The predicted octanol–water partition coefficient (Wildman–Crippen LogP) is 6.17. The Balaban J connectivity index is 1.61. The lowest BCUT2D eigenvalue weighted by atomic mass is 10.1. The summed E-state index contributed by atoms with van der Waals surface area (Å²) in [6.07, 6.45) is -0.454. The Morgan fingerprint density at radius 2 is 1.78 bits per heavy atom. The van der Waals surface area contributed by atoms with Gasteiger partial charge in [0, 0.05) is 35.3 Å². The molecule has 1 N–H and O–H groups in total. The van der Waals surface area contributed by atoms with Gasteiger partial charge in [0.1, 0.15) is 0 Å². The molecule has 0 fully saturated rings. The van der Waals surface area contributed by atoms with E-state index < -0.39 is 11.7 Å². The first-order chi connectivity index (χ1) is 17.3. The van der Waals surface area contributed by atoms with E-state index in [-0.39, 0.29) is 11.9 Å². The van der Waals surface area contributed by atoms with E-state index in [0.29, 0.717) is 33.5 Å². The summed E-state index contributed by atoms with van der Waals surface area (Å²) in [4.78, 5) is 16.3. The van der Waals surface area contributed by atoms with E-state index in [9.17, 15) is 18.0 Å². The second-order valence-corrected chi connectivity index (χ2v) is 9.14. The van der Waals surface area contributed by atoms with Crippen LogP contribution in [0.2, 0.25) is 0 Å². The van der Waals surface area contributed by atoms with Crippen molar-refractivity contribution in [3.8, 4) is 17.1 Å². The van der Waals surface area contributed by atoms with E-state index >= 15 is 0 Å². The minimum Gasteiger partial charge on any atom is -0.350 e. The summed E-state index contributed by atoms with van der Waals surface area (Å²) in [5.74, 6) is 0.770. The van der Waals surface area contributed by atoms with Crippen LogP contribution in [-0.4, -0.2) is 31.7 Å². The highest BCUT2D eigenvalue weighted by Gasteiger charge is 2.31. The number of amides is 1. The van der Waals surface area contributed by atoms with Crippen molar-refractivity contribution in [1.29, 1.82) is 0 Å². The van der Waals surface area contributed by atoms with Crippen molar-refractivity contribution in [3.63, 3.8) is 0 Å². The molecule has 10 heteroatoms. The van der Waals surface area contributed by atoms with E-state index in [0.717, 1.165) is 24.1 Å². The molecule has 2 heterocycles. The predicted molar refractivity (Wildman–Crippen MR) is 133 cm³/mol. The minimum absolute atomic E-state index is 0.0875. The van der Waals surface area contributed by atoms with Gasteiger partial charge in [-0.1, -0.05) is 36.9 Å². The average Bonchev–Trinajstić information content (AvgIpc) is 3.31. The highest BCUT2D eigenvalue weighted by atomic mass is 32.2. The maximum atomic E-state index is 13.4. The van der Waals surface area contributed by atoms with Gasteiger partial charge >= 0.3 is 6.18 Å². The highest BCUT2D eigenvalue weighted by Crippen LogP contribution is 2.34. The fraction of sp³-hybridized carbons (Fsp3) is 0.231. The number of alkyl halides is 3. The third kappa shape index (κ3) is 5.93. The Bertz CT molecular complexity index is 1320. The number of thioether (sulfide) groups is 1. The average molecular weight is 512 g/mol. The van der Waals surface area contributed by atoms with Crippen LogP contribution in [0.1, 0.15) is 41.8 Å². The molecule has 186 valence electrons. The molecule has 6 nitrogen and oxygen atoms in total. The van der Waals surface area contributed by atoms with Crippen molar-refractivity contribution in [1.82, 2.24) is 25.1 Å². The van der Waals surface area contributed by atoms with Gasteiger partial charge in [-0.05, 0) is 61.4 Å². The van der Waals surface area contributed by atoms with Gasteiger partial charge in [-0.25, -0.2) is 0 Å². The Hall–Kier alpha value is -3.66. The summed E-state index contributed by atoms with van der Waals surface area (Å²) in [5.41, 5.74) is 1.73. The molecular formula is C26H24F3N5OS. The Kier molecular flexibility index (Phi) is 7.73. The molecule has 4 rings (SSSR count). The topological polar surface area (TPSA) is 72.7 Å². The molecule has 0 aliphatic heterocycles. The number of pyridine rings is 1. The monoisotopic (exact) mass is 511 g/mol. The van der Waals surface area contributed by atoms with Crippen LogP contribution in [0.15, 0.2) is 78.2 Å². The van der Waals surface area contributed by atoms with E-state index in [1.807, 2.05) is 26.0 Å². The summed E-state index contributed by atoms with van der Waals surface area (Å²) in [5, 5.41) is 11.9. The molecule has 0 saturated heterocycles. The summed E-state index contributed by atoms with van der Waals surface area (Å²) >= 11 is 1.34. The van der Waals surface area contributed by atoms with E-state index in [1.165, 1.54) is 17.8 Å². The van der Waals surface area contributed by atoms with Crippen molar-refractivity contribution in [2.75, 3.05) is 0 Å². The zero-order valence-electron chi connectivity index (χ0n) is 19.7. The lowest BCUT2D eigenvalue weighted by molar-refractivity contribution is -0.137. The molecule has 0 aliphatic carbocycles. The van der Waals surface area contributed by atoms with Crippen molar-refractivity contribution >= 4 is 17.7 Å². The number of carbonyl (C=O) groups excluding carboxylic acids is 1. The minimum atomic E-state index is -4.48. The number of hydrogen-bond donors (Lipinski definition) is 1. The first-order valence-corrected chi connectivity index (χ1v) is 12.3. The molecule has 1 amide bonds. The van der Waals surface area contributed by atoms with Crippen molar-refractivity contribution < 1.29 is 18.0 Å². The van der Waals surface area contributed by atoms with Gasteiger partial charge < -0.3 is 5.32 Å². The Morgan fingerprint density at radius 3 is 2.44 bits per heavy atom. The first kappa shape index (κ1) is 25.4. The molecule has 0 aliphatic rings. The summed E-state index contributed by atoms with van der Waals surface area (Å²) < 4.78 is 41.8. The molecule has 36 heavy (non-hydrogen) atoms. The van der Waals surface area contributed by atoms with Crippen molar-refractivity contribution in [2.45, 2.75) is 43.4 Å². The Morgan fingerprint density at radius 1 is 1.06 bits per heavy atom. The van der Waals surface area contributed by atoms with E-state index in [2.05, 4.69) is 20.5 Å². The number of halogens is 3. The highest BCUT2D eigenvalue weighted by molar-refractivity contribution is 7.98. The van der Waals surface area contributed by atoms with Gasteiger partial charge in [-0.3, -0.25) is 14.3 Å². The van der Waals surface area contributed by atoms with Crippen LogP contribution in [0.4, 0.5) is 13.2 Å². The number of aromatic nitrogens is 4. The molecule has 0 bridgehead atoms. The van der Waals surface area contributed by atoms with Gasteiger partial charge in [-0.15, -0.1) is 10.2 Å². The molecule has 0 radical (unpaired) electrons. The first-order valence-electron chi connectivity index (χ1n) is 11.3. The summed E-state index contributed by atoms with van der Waals surface area (Å²) in [6, 6.07) is 15.8. The van der Waals surface area contributed by atoms with Crippen molar-refractivity contribution in [2.24, 2.45) is 0 Å². The van der Waals surface area contributed by atoms with Gasteiger partial charge in [0.15, 0.2) is 11.0 Å². The lowest BCUT2D eigenvalue weighted by Gasteiger charge is -2.13. The second kappa shape index (κ2) is 10.9. The molecule has 0 spiro atoms. The summed E-state index contributed by atoms with van der Waals surface area (Å²) in [7, 11) is 0. The SMILES string of the molecule is CCC(C)NC(=O)c1ccc(CSc2nnc(-c3ccncc3)n2-c2cccc(C(F)(F)F)c2)cc1. The smallest absolute Gasteiger partial charge is 0.350 e. The third-order valence-electron chi connectivity index (χ3n) is 5.58. The molecule has 0 saturated carbocycles. The number of carbonyl (C=O) groups is 1. The van der Waals surface area contributed by atoms with Crippen LogP contribution in [0.5, 0.6) is 0 Å². The van der Waals surface area contributed by atoms with Crippen LogP contribution >= 0.6 is 11.8 Å². The fourth-order valence-corrected chi connectivity index (χ4v) is 4.32. The van der Waals surface area contributed by atoms with Crippen LogP contribution in [0.25, 0.3) is 17.1 Å². The fourth-order valence-electron chi connectivity index (χ4n) is 3.41. The third-order valence-corrected chi connectivity index (χ3v) is 6.58. The number of nitrogens with one attached hydrogen (secondary N) is 1. The number of benzene rings is 2. The largest absolute Gasteiger partial charge is 0.416 e. The van der Waals surface area contributed by atoms with E-state index in [4.69, 9.17) is 0 Å². The normalized spacial score (nSPS) is 12.4. The molecule has 2 aromatic carbocycles. The molecular weight excluding hydrogens is 487 g/mol. The Labute approximate surface area is 211 Å². The molecule has 4 aromatic rings. The zero-order valence-corrected chi connectivity index (χ0v) is 20.5. The number of nitrogens with zero attached hydrogens (tertiary/aromatic N) is 4. The van der Waals surface area contributed by atoms with Crippen LogP contribution in [0, 0.1) is 0 Å². The zero-order chi connectivity index (χ0) is 25.7. The van der Waals surface area contributed by atoms with Crippen LogP contribution < -0.4 is 5.32 Å². The quantitative estimate of drug-likeness (QED) is 0.287. The number of rotatable bonds is 8. The molecule has 2 aromatic heterocycles. The van der Waals surface area contributed by atoms with Crippen LogP contribution in [0.3, 0.4) is 0 Å². The lowest BCUT2D eigenvalue weighted by Crippen LogP contribution is -2.31. The molecule has 1 unspecified atom stereocenters. The van der Waals surface area contributed by atoms with Gasteiger partial charge in [-0.2, -0.15) is 13.2 Å². The van der Waals surface area contributed by atoms with Crippen LogP contribution in [-0.2, 0) is 11.9 Å². The summed E-state index contributed by atoms with van der Waals surface area (Å²) in [6.45, 7) is 3.95.